The SMILES string of the molecule is CC(C)[C@H](NC(=O)C(Cc1ccccc1)CS(=O)(=O)CCO)C(=O)N[C@@H](Cc1ccccc1)[C@@H](O)[C@H](O)[C@H](Cc1ccccc1)NC(=O)[C@@H](NC(=O)C(Cc1ccccc1)CS(=O)(=O)CCO)C(C)C. The molecule has 16 nitrogen and oxygen atoms in total. The minimum Gasteiger partial charge on any atom is -0.395 e. The maximum Gasteiger partial charge on any atom is 0.243 e. The normalized spacial score (nSPS) is 15.4. The Hall–Kier alpha value is -5.50. The number of carbonyl (C=O) groups excluding carboxylic acids is 4. The van der Waals surface area contributed by atoms with Crippen molar-refractivity contribution >= 4 is 43.3 Å². The summed E-state index contributed by atoms with van der Waals surface area (Å²) in [6, 6.07) is 30.3. The summed E-state index contributed by atoms with van der Waals surface area (Å²) in [5.74, 6) is -8.51. The van der Waals surface area contributed by atoms with Gasteiger partial charge in [0.1, 0.15) is 24.3 Å². The van der Waals surface area contributed by atoms with Gasteiger partial charge in [0.25, 0.3) is 0 Å². The molecule has 0 saturated heterocycles. The van der Waals surface area contributed by atoms with Crippen LogP contribution in [0.5, 0.6) is 0 Å². The van der Waals surface area contributed by atoms with E-state index in [9.17, 15) is 56.4 Å². The van der Waals surface area contributed by atoms with Crippen molar-refractivity contribution in [3.8, 4) is 0 Å². The molecule has 0 fully saturated rings. The maximum absolute atomic E-state index is 14.4. The van der Waals surface area contributed by atoms with Crippen LogP contribution in [-0.2, 0) is 64.5 Å². The number of aliphatic hydroxyl groups is 4. The highest BCUT2D eigenvalue weighted by atomic mass is 32.2. The molecule has 70 heavy (non-hydrogen) atoms. The van der Waals surface area contributed by atoms with Crippen LogP contribution in [0.15, 0.2) is 121 Å². The highest BCUT2D eigenvalue weighted by molar-refractivity contribution is 7.91. The number of amides is 4. The predicted molar refractivity (Wildman–Crippen MR) is 268 cm³/mol. The Morgan fingerprint density at radius 3 is 0.957 bits per heavy atom. The highest BCUT2D eigenvalue weighted by Crippen LogP contribution is 2.20. The van der Waals surface area contributed by atoms with Crippen LogP contribution in [0, 0.1) is 23.7 Å². The van der Waals surface area contributed by atoms with Gasteiger partial charge < -0.3 is 41.7 Å². The third-order valence-electron chi connectivity index (χ3n) is 12.0. The Morgan fingerprint density at radius 2 is 0.700 bits per heavy atom. The van der Waals surface area contributed by atoms with Gasteiger partial charge in [0.05, 0.1) is 60.1 Å². The summed E-state index contributed by atoms with van der Waals surface area (Å²) in [5.41, 5.74) is 2.70. The molecule has 0 aliphatic heterocycles. The van der Waals surface area contributed by atoms with Crippen LogP contribution in [0.4, 0.5) is 0 Å². The second kappa shape index (κ2) is 27.8. The van der Waals surface area contributed by atoms with Crippen molar-refractivity contribution in [1.82, 2.24) is 21.3 Å². The van der Waals surface area contributed by atoms with Crippen molar-refractivity contribution < 1.29 is 56.4 Å². The zero-order valence-electron chi connectivity index (χ0n) is 40.3. The molecule has 0 heterocycles. The average Bonchev–Trinajstić information content (AvgIpc) is 3.31. The van der Waals surface area contributed by atoms with Crippen LogP contribution >= 0.6 is 0 Å². The van der Waals surface area contributed by atoms with E-state index in [1.165, 1.54) is 0 Å². The first-order valence-electron chi connectivity index (χ1n) is 23.6. The molecule has 0 bridgehead atoms. The second-order valence-electron chi connectivity index (χ2n) is 18.5. The van der Waals surface area contributed by atoms with Gasteiger partial charge in [0.15, 0.2) is 19.7 Å². The molecule has 4 aromatic rings. The van der Waals surface area contributed by atoms with Gasteiger partial charge in [-0.15, -0.1) is 0 Å². The van der Waals surface area contributed by atoms with Gasteiger partial charge in [-0.05, 0) is 59.8 Å². The summed E-state index contributed by atoms with van der Waals surface area (Å²) in [7, 11) is -7.76. The molecule has 0 saturated carbocycles. The first-order valence-corrected chi connectivity index (χ1v) is 27.2. The predicted octanol–water partition coefficient (Wildman–Crippen LogP) is 1.98. The molecule has 0 radical (unpaired) electrons. The minimum atomic E-state index is -3.88. The van der Waals surface area contributed by atoms with Gasteiger partial charge in [-0.25, -0.2) is 16.8 Å². The summed E-state index contributed by atoms with van der Waals surface area (Å²) in [6.45, 7) is 5.48. The topological polar surface area (TPSA) is 266 Å². The Bertz CT molecular complexity index is 2290. The van der Waals surface area contributed by atoms with Gasteiger partial charge in [-0.2, -0.15) is 0 Å². The fraction of sp³-hybridized carbons (Fsp3) is 0.462. The van der Waals surface area contributed by atoms with E-state index in [2.05, 4.69) is 21.3 Å². The summed E-state index contributed by atoms with van der Waals surface area (Å²) >= 11 is 0. The summed E-state index contributed by atoms with van der Waals surface area (Å²) in [4.78, 5) is 56.8. The van der Waals surface area contributed by atoms with E-state index in [1.807, 2.05) is 0 Å². The van der Waals surface area contributed by atoms with Gasteiger partial charge in [-0.3, -0.25) is 19.2 Å². The summed E-state index contributed by atoms with van der Waals surface area (Å²) < 4.78 is 51.7. The number of hydrogen-bond donors (Lipinski definition) is 8. The van der Waals surface area contributed by atoms with Crippen LogP contribution < -0.4 is 21.3 Å². The zero-order valence-corrected chi connectivity index (χ0v) is 41.9. The fourth-order valence-electron chi connectivity index (χ4n) is 8.19. The largest absolute Gasteiger partial charge is 0.395 e. The lowest BCUT2D eigenvalue weighted by Crippen LogP contribution is -2.62. The molecule has 0 aliphatic carbocycles. The Balaban J connectivity index is 1.64. The Labute approximate surface area is 412 Å². The van der Waals surface area contributed by atoms with Gasteiger partial charge in [-0.1, -0.05) is 149 Å². The van der Waals surface area contributed by atoms with E-state index in [0.717, 1.165) is 0 Å². The van der Waals surface area contributed by atoms with Crippen molar-refractivity contribution in [3.05, 3.63) is 144 Å². The van der Waals surface area contributed by atoms with Crippen LogP contribution in [0.1, 0.15) is 49.9 Å². The standard InChI is InChI=1S/C52H70N4O12S2/c1-35(2)45(55-49(61)41(33-69(65,66)27-25-57)29-37-17-9-5-10-18-37)51(63)53-43(31-39-21-13-7-14-22-39)47(59)48(60)44(32-40-23-15-8-16-24-40)54-52(64)46(36(3)4)56-50(62)42(34-70(67,68)28-26-58)30-38-19-11-6-12-20-38/h5-24,35-36,41-48,57-60H,25-34H2,1-4H3,(H,53,63)(H,54,64)(H,55,61)(H,56,62)/t41?,42?,43-,44-,45-,46-,47+,48+/m0/s1. The third-order valence-corrected chi connectivity index (χ3v) is 15.5. The average molecular weight is 1010 g/mol. The molecule has 0 spiro atoms. The number of hydrogen-bond acceptors (Lipinski definition) is 12. The molecule has 4 amide bonds. The second-order valence-corrected chi connectivity index (χ2v) is 23.0. The zero-order chi connectivity index (χ0) is 51.4. The van der Waals surface area contributed by atoms with E-state index in [0.29, 0.717) is 22.3 Å². The van der Waals surface area contributed by atoms with Crippen LogP contribution in [-0.4, -0.2) is 133 Å². The van der Waals surface area contributed by atoms with Gasteiger partial charge >= 0.3 is 0 Å². The van der Waals surface area contributed by atoms with Gasteiger partial charge in [0.2, 0.25) is 23.6 Å². The number of nitrogens with one attached hydrogen (secondary N) is 4. The number of benzene rings is 4. The van der Waals surface area contributed by atoms with Crippen molar-refractivity contribution in [1.29, 1.82) is 0 Å². The molecule has 382 valence electrons. The van der Waals surface area contributed by atoms with Crippen molar-refractivity contribution in [3.63, 3.8) is 0 Å². The first-order chi connectivity index (χ1) is 33.2. The van der Waals surface area contributed by atoms with Crippen molar-refractivity contribution in [2.24, 2.45) is 23.7 Å². The molecule has 4 rings (SSSR count). The quantitative estimate of drug-likeness (QED) is 0.0389. The van der Waals surface area contributed by atoms with E-state index >= 15 is 0 Å². The van der Waals surface area contributed by atoms with Crippen molar-refractivity contribution in [2.75, 3.05) is 36.2 Å². The third kappa shape index (κ3) is 18.7. The van der Waals surface area contributed by atoms with E-state index in [4.69, 9.17) is 0 Å². The van der Waals surface area contributed by atoms with Crippen LogP contribution in [0.2, 0.25) is 0 Å². The Kier molecular flexibility index (Phi) is 22.7. The number of carbonyl (C=O) groups is 4. The monoisotopic (exact) mass is 1010 g/mol. The maximum atomic E-state index is 14.4. The van der Waals surface area contributed by atoms with Crippen LogP contribution in [0.3, 0.4) is 0 Å². The molecular weight excluding hydrogens is 937 g/mol. The fourth-order valence-corrected chi connectivity index (χ4v) is 10.8. The van der Waals surface area contributed by atoms with E-state index in [1.54, 1.807) is 149 Å². The molecule has 8 N–H and O–H groups in total. The number of sulfone groups is 2. The minimum absolute atomic E-state index is 0.0156. The molecular formula is C52H70N4O12S2. The molecule has 2 unspecified atom stereocenters. The molecule has 8 atom stereocenters. The van der Waals surface area contributed by atoms with Gasteiger partial charge in [0, 0.05) is 0 Å². The smallest absolute Gasteiger partial charge is 0.243 e. The summed E-state index contributed by atoms with van der Waals surface area (Å²) in [5, 5.41) is 54.4. The van der Waals surface area contributed by atoms with E-state index < -0.39 is 140 Å². The van der Waals surface area contributed by atoms with Crippen molar-refractivity contribution in [2.45, 2.75) is 89.8 Å². The lowest BCUT2D eigenvalue weighted by atomic mass is 9.90. The molecule has 0 aliphatic rings. The highest BCUT2D eigenvalue weighted by Gasteiger charge is 2.39. The molecule has 18 heteroatoms. The van der Waals surface area contributed by atoms with E-state index in [-0.39, 0.29) is 25.7 Å². The summed E-state index contributed by atoms with van der Waals surface area (Å²) in [6.07, 6.45) is -3.51. The lowest BCUT2D eigenvalue weighted by molar-refractivity contribution is -0.134. The number of aliphatic hydroxyl groups excluding tert-OH is 4. The molecule has 0 aromatic heterocycles. The Morgan fingerprint density at radius 1 is 0.429 bits per heavy atom. The number of rotatable bonds is 29. The lowest BCUT2D eigenvalue weighted by Gasteiger charge is -2.35. The van der Waals surface area contributed by atoms with Crippen LogP contribution in [0.25, 0.3) is 0 Å². The first kappa shape index (κ1) is 57.1. The molecule has 4 aromatic carbocycles.